The van der Waals surface area contributed by atoms with E-state index in [1.165, 1.54) is 10.8 Å². The fourth-order valence-electron chi connectivity index (χ4n) is 2.16. The Hall–Kier alpha value is -1.15. The molecule has 0 saturated heterocycles. The number of hydrogen-bond donors (Lipinski definition) is 0. The van der Waals surface area contributed by atoms with Gasteiger partial charge in [0.1, 0.15) is 6.29 Å². The van der Waals surface area contributed by atoms with Gasteiger partial charge in [-0.15, -0.1) is 0 Å². The Morgan fingerprint density at radius 2 is 2.00 bits per heavy atom. The summed E-state index contributed by atoms with van der Waals surface area (Å²) >= 11 is 3.54. The SMILES string of the molecule is O=CC1(c2ccc3c(Br)cccc3c2)CC1. The molecule has 1 aliphatic rings. The molecule has 0 amide bonds. The lowest BCUT2D eigenvalue weighted by atomic mass is 9.95. The molecule has 1 saturated carbocycles. The quantitative estimate of drug-likeness (QED) is 0.761. The van der Waals surface area contributed by atoms with Crippen LogP contribution in [0.25, 0.3) is 10.8 Å². The fourth-order valence-corrected chi connectivity index (χ4v) is 2.68. The van der Waals surface area contributed by atoms with E-state index in [4.69, 9.17) is 0 Å². The van der Waals surface area contributed by atoms with E-state index >= 15 is 0 Å². The summed E-state index contributed by atoms with van der Waals surface area (Å²) in [5, 5.41) is 2.40. The molecule has 0 aromatic heterocycles. The van der Waals surface area contributed by atoms with Crippen molar-refractivity contribution in [2.24, 2.45) is 0 Å². The van der Waals surface area contributed by atoms with Gasteiger partial charge in [-0.3, -0.25) is 0 Å². The maximum absolute atomic E-state index is 11.1. The first kappa shape index (κ1) is 10.0. The fraction of sp³-hybridized carbons (Fsp3) is 0.214. The Morgan fingerprint density at radius 1 is 1.19 bits per heavy atom. The molecule has 2 heteroatoms. The summed E-state index contributed by atoms with van der Waals surface area (Å²) in [5.41, 5.74) is 0.990. The van der Waals surface area contributed by atoms with Crippen molar-refractivity contribution < 1.29 is 4.79 Å². The van der Waals surface area contributed by atoms with E-state index < -0.39 is 0 Å². The first-order valence-corrected chi connectivity index (χ1v) is 6.20. The van der Waals surface area contributed by atoms with Crippen molar-refractivity contribution in [3.8, 4) is 0 Å². The van der Waals surface area contributed by atoms with Crippen LogP contribution in [-0.2, 0) is 10.2 Å². The van der Waals surface area contributed by atoms with Gasteiger partial charge in [0.25, 0.3) is 0 Å². The summed E-state index contributed by atoms with van der Waals surface area (Å²) in [5.74, 6) is 0. The molecule has 0 heterocycles. The summed E-state index contributed by atoms with van der Waals surface area (Å²) in [6.07, 6.45) is 3.10. The minimum Gasteiger partial charge on any atom is -0.302 e. The second kappa shape index (κ2) is 3.42. The predicted octanol–water partition coefficient (Wildman–Crippen LogP) is 3.83. The summed E-state index contributed by atoms with van der Waals surface area (Å²) < 4.78 is 1.10. The smallest absolute Gasteiger partial charge is 0.130 e. The van der Waals surface area contributed by atoms with E-state index in [0.717, 1.165) is 29.2 Å². The van der Waals surface area contributed by atoms with Crippen molar-refractivity contribution in [1.82, 2.24) is 0 Å². The first-order chi connectivity index (χ1) is 7.75. The normalized spacial score (nSPS) is 17.3. The Kier molecular flexibility index (Phi) is 2.15. The number of rotatable bonds is 2. The molecular formula is C14H11BrO. The van der Waals surface area contributed by atoms with Crippen LogP contribution in [0.15, 0.2) is 40.9 Å². The number of hydrogen-bond acceptors (Lipinski definition) is 1. The average Bonchev–Trinajstić information content (AvgIpc) is 3.10. The maximum Gasteiger partial charge on any atom is 0.130 e. The maximum atomic E-state index is 11.1. The number of halogens is 1. The van der Waals surface area contributed by atoms with Crippen molar-refractivity contribution in [2.45, 2.75) is 18.3 Å². The Labute approximate surface area is 103 Å². The predicted molar refractivity (Wildman–Crippen MR) is 68.6 cm³/mol. The highest BCUT2D eigenvalue weighted by Crippen LogP contribution is 2.47. The largest absolute Gasteiger partial charge is 0.302 e. The Balaban J connectivity index is 2.20. The zero-order valence-corrected chi connectivity index (χ0v) is 10.3. The number of benzene rings is 2. The van der Waals surface area contributed by atoms with Gasteiger partial charge in [0.15, 0.2) is 0 Å². The molecule has 0 bridgehead atoms. The van der Waals surface area contributed by atoms with Crippen molar-refractivity contribution >= 4 is 33.0 Å². The standard InChI is InChI=1S/C14H11BrO/c15-13-3-1-2-10-8-11(4-5-12(10)13)14(9-16)6-7-14/h1-5,8-9H,6-7H2. The van der Waals surface area contributed by atoms with Crippen LogP contribution in [0.4, 0.5) is 0 Å². The minimum atomic E-state index is -0.170. The Bertz CT molecular complexity index is 570. The molecule has 16 heavy (non-hydrogen) atoms. The third kappa shape index (κ3) is 1.40. The van der Waals surface area contributed by atoms with Crippen molar-refractivity contribution in [1.29, 1.82) is 0 Å². The van der Waals surface area contributed by atoms with Gasteiger partial charge < -0.3 is 4.79 Å². The molecule has 0 unspecified atom stereocenters. The van der Waals surface area contributed by atoms with E-state index in [9.17, 15) is 4.79 Å². The van der Waals surface area contributed by atoms with E-state index in [1.54, 1.807) is 0 Å². The molecule has 3 rings (SSSR count). The van der Waals surface area contributed by atoms with Gasteiger partial charge in [-0.1, -0.05) is 46.3 Å². The van der Waals surface area contributed by atoms with Crippen LogP contribution in [0.5, 0.6) is 0 Å². The van der Waals surface area contributed by atoms with Crippen molar-refractivity contribution in [3.63, 3.8) is 0 Å². The number of fused-ring (bicyclic) bond motifs is 1. The van der Waals surface area contributed by atoms with Crippen LogP contribution >= 0.6 is 15.9 Å². The summed E-state index contributed by atoms with van der Waals surface area (Å²) in [4.78, 5) is 11.1. The van der Waals surface area contributed by atoms with Gasteiger partial charge in [0.05, 0.1) is 5.41 Å². The van der Waals surface area contributed by atoms with Crippen molar-refractivity contribution in [3.05, 3.63) is 46.4 Å². The van der Waals surface area contributed by atoms with Crippen LogP contribution in [0.1, 0.15) is 18.4 Å². The van der Waals surface area contributed by atoms with Gasteiger partial charge in [-0.25, -0.2) is 0 Å². The molecule has 0 spiro atoms. The van der Waals surface area contributed by atoms with Gasteiger partial charge in [-0.2, -0.15) is 0 Å². The van der Waals surface area contributed by atoms with Crippen LogP contribution in [0.3, 0.4) is 0 Å². The summed E-state index contributed by atoms with van der Waals surface area (Å²) in [6, 6.07) is 12.5. The lowest BCUT2D eigenvalue weighted by Crippen LogP contribution is -2.07. The lowest BCUT2D eigenvalue weighted by molar-refractivity contribution is -0.109. The molecule has 0 radical (unpaired) electrons. The van der Waals surface area contributed by atoms with E-state index in [-0.39, 0.29) is 5.41 Å². The zero-order valence-electron chi connectivity index (χ0n) is 8.74. The number of carbonyl (C=O) groups excluding carboxylic acids is 1. The van der Waals surface area contributed by atoms with Crippen LogP contribution in [-0.4, -0.2) is 6.29 Å². The molecule has 1 nitrogen and oxygen atoms in total. The number of carbonyl (C=O) groups is 1. The molecule has 0 N–H and O–H groups in total. The first-order valence-electron chi connectivity index (χ1n) is 5.40. The van der Waals surface area contributed by atoms with E-state index in [1.807, 2.05) is 12.1 Å². The molecular weight excluding hydrogens is 264 g/mol. The molecule has 1 aliphatic carbocycles. The second-order valence-electron chi connectivity index (χ2n) is 4.45. The summed E-state index contributed by atoms with van der Waals surface area (Å²) in [6.45, 7) is 0. The third-order valence-corrected chi connectivity index (χ3v) is 4.11. The van der Waals surface area contributed by atoms with E-state index in [0.29, 0.717) is 0 Å². The highest BCUT2D eigenvalue weighted by atomic mass is 79.9. The van der Waals surface area contributed by atoms with Gasteiger partial charge >= 0.3 is 0 Å². The van der Waals surface area contributed by atoms with Gasteiger partial charge in [0, 0.05) is 4.47 Å². The van der Waals surface area contributed by atoms with Gasteiger partial charge in [0.2, 0.25) is 0 Å². The van der Waals surface area contributed by atoms with Crippen molar-refractivity contribution in [2.75, 3.05) is 0 Å². The Morgan fingerprint density at radius 3 is 2.69 bits per heavy atom. The minimum absolute atomic E-state index is 0.170. The van der Waals surface area contributed by atoms with Gasteiger partial charge in [-0.05, 0) is 35.2 Å². The topological polar surface area (TPSA) is 17.1 Å². The van der Waals surface area contributed by atoms with Crippen LogP contribution in [0, 0.1) is 0 Å². The third-order valence-electron chi connectivity index (χ3n) is 3.42. The monoisotopic (exact) mass is 274 g/mol. The molecule has 0 aliphatic heterocycles. The highest BCUT2D eigenvalue weighted by Gasteiger charge is 2.44. The highest BCUT2D eigenvalue weighted by molar-refractivity contribution is 9.10. The molecule has 1 fully saturated rings. The molecule has 2 aromatic rings. The molecule has 0 atom stereocenters. The van der Waals surface area contributed by atoms with Crippen LogP contribution in [0.2, 0.25) is 0 Å². The molecule has 80 valence electrons. The van der Waals surface area contributed by atoms with Crippen LogP contribution < -0.4 is 0 Å². The summed E-state index contributed by atoms with van der Waals surface area (Å²) in [7, 11) is 0. The number of aldehydes is 1. The average molecular weight is 275 g/mol. The van der Waals surface area contributed by atoms with E-state index in [2.05, 4.69) is 40.2 Å². The lowest BCUT2D eigenvalue weighted by Gasteiger charge is -2.09. The molecule has 2 aromatic carbocycles. The zero-order chi connectivity index (χ0) is 11.2. The second-order valence-corrected chi connectivity index (χ2v) is 5.30.